The zero-order chi connectivity index (χ0) is 21.3. The first-order valence-electron chi connectivity index (χ1n) is 10.3. The van der Waals surface area contributed by atoms with Crippen LogP contribution in [0.3, 0.4) is 0 Å². The highest BCUT2D eigenvalue weighted by Crippen LogP contribution is 2.29. The van der Waals surface area contributed by atoms with Crippen LogP contribution in [0, 0.1) is 0 Å². The molecule has 2 heterocycles. The molecule has 7 nitrogen and oxygen atoms in total. The van der Waals surface area contributed by atoms with Crippen molar-refractivity contribution in [1.82, 2.24) is 0 Å². The Bertz CT molecular complexity index is 965. The van der Waals surface area contributed by atoms with Crippen molar-refractivity contribution >= 4 is 34.7 Å². The summed E-state index contributed by atoms with van der Waals surface area (Å²) in [5, 5.41) is 2.83. The van der Waals surface area contributed by atoms with E-state index in [1.807, 2.05) is 55.5 Å². The molecule has 0 aliphatic carbocycles. The Morgan fingerprint density at radius 2 is 1.70 bits per heavy atom. The van der Waals surface area contributed by atoms with E-state index in [4.69, 9.17) is 0 Å². The van der Waals surface area contributed by atoms with Gasteiger partial charge >= 0.3 is 0 Å². The van der Waals surface area contributed by atoms with E-state index in [9.17, 15) is 14.4 Å². The number of amides is 2. The van der Waals surface area contributed by atoms with Crippen LogP contribution >= 0.6 is 0 Å². The molecule has 1 saturated heterocycles. The standard InChI is InChI=1S/C23H26N4O3/c1-16(23(30)27-15-22(29)24-20-5-3-4-6-21(20)27)25-11-13-26(14-12-25)19-9-7-18(8-10-19)17(2)28/h3-10,16H,11-15H2,1-2H3,(H,24,29)/p+1/t16-/m1/s1. The van der Waals surface area contributed by atoms with E-state index in [0.717, 1.165) is 37.6 Å². The molecular formula is C23H27N4O3+. The van der Waals surface area contributed by atoms with Crippen LogP contribution < -0.4 is 20.0 Å². The molecule has 7 heteroatoms. The number of nitrogens with one attached hydrogen (secondary N) is 2. The number of benzene rings is 2. The Labute approximate surface area is 176 Å². The van der Waals surface area contributed by atoms with Gasteiger partial charge in [0.25, 0.3) is 5.91 Å². The lowest BCUT2D eigenvalue weighted by atomic mass is 10.1. The van der Waals surface area contributed by atoms with Gasteiger partial charge in [0.05, 0.1) is 37.6 Å². The average Bonchev–Trinajstić information content (AvgIpc) is 2.77. The molecule has 1 fully saturated rings. The summed E-state index contributed by atoms with van der Waals surface area (Å²) in [6.07, 6.45) is 0. The minimum Gasteiger partial charge on any atom is -0.360 e. The number of anilines is 3. The molecule has 156 valence electrons. The van der Waals surface area contributed by atoms with Crippen LogP contribution in [-0.2, 0) is 9.59 Å². The van der Waals surface area contributed by atoms with Crippen molar-refractivity contribution in [2.24, 2.45) is 0 Å². The van der Waals surface area contributed by atoms with Gasteiger partial charge in [-0.3, -0.25) is 19.3 Å². The molecule has 0 bridgehead atoms. The quantitative estimate of drug-likeness (QED) is 0.741. The fourth-order valence-corrected chi connectivity index (χ4v) is 4.23. The zero-order valence-electron chi connectivity index (χ0n) is 17.4. The first-order valence-corrected chi connectivity index (χ1v) is 10.3. The molecule has 0 spiro atoms. The van der Waals surface area contributed by atoms with Crippen LogP contribution in [0.15, 0.2) is 48.5 Å². The number of ketones is 1. The summed E-state index contributed by atoms with van der Waals surface area (Å²) in [6.45, 7) is 6.92. The molecule has 30 heavy (non-hydrogen) atoms. The van der Waals surface area contributed by atoms with E-state index < -0.39 is 0 Å². The predicted molar refractivity (Wildman–Crippen MR) is 116 cm³/mol. The summed E-state index contributed by atoms with van der Waals surface area (Å²) in [5.41, 5.74) is 3.26. The molecule has 2 amide bonds. The van der Waals surface area contributed by atoms with Gasteiger partial charge in [-0.1, -0.05) is 12.1 Å². The number of Topliss-reactive ketones (excluding diaryl/α,β-unsaturated/α-hetero) is 1. The first kappa shape index (κ1) is 20.1. The summed E-state index contributed by atoms with van der Waals surface area (Å²) < 4.78 is 0. The molecule has 0 radical (unpaired) electrons. The smallest absolute Gasteiger partial charge is 0.285 e. The third-order valence-electron chi connectivity index (χ3n) is 6.06. The van der Waals surface area contributed by atoms with E-state index >= 15 is 0 Å². The third kappa shape index (κ3) is 3.93. The van der Waals surface area contributed by atoms with E-state index in [-0.39, 0.29) is 30.2 Å². The van der Waals surface area contributed by atoms with Gasteiger partial charge in [0.2, 0.25) is 5.91 Å². The van der Waals surface area contributed by atoms with Crippen LogP contribution in [-0.4, -0.2) is 56.4 Å². The number of hydrogen-bond donors (Lipinski definition) is 2. The normalized spacial score (nSPS) is 17.9. The van der Waals surface area contributed by atoms with E-state index in [2.05, 4.69) is 10.2 Å². The maximum atomic E-state index is 13.2. The van der Waals surface area contributed by atoms with Crippen molar-refractivity contribution in [3.05, 3.63) is 54.1 Å². The van der Waals surface area contributed by atoms with Crippen LogP contribution in [0.1, 0.15) is 24.2 Å². The Morgan fingerprint density at radius 3 is 2.37 bits per heavy atom. The molecule has 2 aliphatic heterocycles. The lowest BCUT2D eigenvalue weighted by Crippen LogP contribution is -3.19. The van der Waals surface area contributed by atoms with Crippen molar-refractivity contribution in [3.8, 4) is 0 Å². The number of para-hydroxylation sites is 2. The van der Waals surface area contributed by atoms with E-state index in [1.165, 1.54) is 4.90 Å². The van der Waals surface area contributed by atoms with Gasteiger partial charge in [-0.15, -0.1) is 0 Å². The van der Waals surface area contributed by atoms with Gasteiger partial charge in [0.1, 0.15) is 6.54 Å². The van der Waals surface area contributed by atoms with Crippen molar-refractivity contribution in [2.75, 3.05) is 47.8 Å². The lowest BCUT2D eigenvalue weighted by Gasteiger charge is -2.38. The molecular weight excluding hydrogens is 380 g/mol. The first-order chi connectivity index (χ1) is 14.4. The number of carbonyl (C=O) groups is 3. The molecule has 2 N–H and O–H groups in total. The van der Waals surface area contributed by atoms with Crippen LogP contribution in [0.5, 0.6) is 0 Å². The monoisotopic (exact) mass is 407 g/mol. The lowest BCUT2D eigenvalue weighted by molar-refractivity contribution is -0.914. The summed E-state index contributed by atoms with van der Waals surface area (Å²) >= 11 is 0. The molecule has 2 aliphatic rings. The number of rotatable bonds is 4. The predicted octanol–water partition coefficient (Wildman–Crippen LogP) is 0.968. The van der Waals surface area contributed by atoms with Crippen LogP contribution in [0.25, 0.3) is 0 Å². The molecule has 2 aromatic carbocycles. The van der Waals surface area contributed by atoms with Gasteiger partial charge < -0.3 is 15.1 Å². The topological polar surface area (TPSA) is 74.2 Å². The number of piperazine rings is 1. The second kappa shape index (κ2) is 8.28. The van der Waals surface area contributed by atoms with Crippen molar-refractivity contribution in [3.63, 3.8) is 0 Å². The van der Waals surface area contributed by atoms with Gasteiger partial charge in [0.15, 0.2) is 11.8 Å². The third-order valence-corrected chi connectivity index (χ3v) is 6.06. The van der Waals surface area contributed by atoms with Crippen molar-refractivity contribution < 1.29 is 19.3 Å². The minimum atomic E-state index is -0.230. The van der Waals surface area contributed by atoms with E-state index in [1.54, 1.807) is 11.8 Å². The Hall–Kier alpha value is -3.19. The average molecular weight is 407 g/mol. The summed E-state index contributed by atoms with van der Waals surface area (Å²) in [5.74, 6) is -0.120. The highest BCUT2D eigenvalue weighted by atomic mass is 16.2. The highest BCUT2D eigenvalue weighted by molar-refractivity contribution is 6.10. The van der Waals surface area contributed by atoms with Crippen molar-refractivity contribution in [1.29, 1.82) is 0 Å². The largest absolute Gasteiger partial charge is 0.360 e. The van der Waals surface area contributed by atoms with Crippen LogP contribution in [0.2, 0.25) is 0 Å². The Kier molecular flexibility index (Phi) is 5.55. The zero-order valence-corrected chi connectivity index (χ0v) is 17.4. The molecule has 4 rings (SSSR count). The Balaban J connectivity index is 1.41. The molecule has 0 aromatic heterocycles. The fourth-order valence-electron chi connectivity index (χ4n) is 4.23. The minimum absolute atomic E-state index is 0.0217. The van der Waals surface area contributed by atoms with Gasteiger partial charge in [-0.2, -0.15) is 0 Å². The van der Waals surface area contributed by atoms with E-state index in [0.29, 0.717) is 11.3 Å². The molecule has 0 unspecified atom stereocenters. The number of quaternary nitrogens is 1. The fraction of sp³-hybridized carbons (Fsp3) is 0.348. The Morgan fingerprint density at radius 1 is 1.03 bits per heavy atom. The summed E-state index contributed by atoms with van der Waals surface area (Å²) in [6, 6.07) is 14.9. The molecule has 0 saturated carbocycles. The van der Waals surface area contributed by atoms with Gasteiger partial charge in [-0.05, 0) is 50.2 Å². The molecule has 1 atom stereocenters. The molecule has 2 aromatic rings. The maximum Gasteiger partial charge on any atom is 0.285 e. The second-order valence-corrected chi connectivity index (χ2v) is 7.96. The highest BCUT2D eigenvalue weighted by Gasteiger charge is 2.35. The summed E-state index contributed by atoms with van der Waals surface area (Å²) in [7, 11) is 0. The number of hydrogen-bond acceptors (Lipinski definition) is 4. The van der Waals surface area contributed by atoms with Gasteiger partial charge in [-0.25, -0.2) is 0 Å². The maximum absolute atomic E-state index is 13.2. The number of nitrogens with zero attached hydrogens (tertiary/aromatic N) is 2. The van der Waals surface area contributed by atoms with Crippen LogP contribution in [0.4, 0.5) is 17.1 Å². The van der Waals surface area contributed by atoms with Crippen molar-refractivity contribution in [2.45, 2.75) is 19.9 Å². The SMILES string of the molecule is CC(=O)c1ccc(N2CC[NH+]([C@H](C)C(=O)N3CC(=O)Nc4ccccc43)CC2)cc1. The van der Waals surface area contributed by atoms with Gasteiger partial charge in [0, 0.05) is 11.3 Å². The number of carbonyl (C=O) groups excluding carboxylic acids is 3. The number of fused-ring (bicyclic) bond motifs is 1. The summed E-state index contributed by atoms with van der Waals surface area (Å²) in [4.78, 5) is 41.9. The second-order valence-electron chi connectivity index (χ2n) is 7.96.